The van der Waals surface area contributed by atoms with E-state index in [1.165, 1.54) is 0 Å². The maximum atomic E-state index is 5.45. The lowest BCUT2D eigenvalue weighted by atomic mass is 10.1. The number of hydrogen-bond acceptors (Lipinski definition) is 3. The Morgan fingerprint density at radius 1 is 1.50 bits per heavy atom. The van der Waals surface area contributed by atoms with Gasteiger partial charge in [-0.15, -0.1) is 6.42 Å². The Morgan fingerprint density at radius 3 is 2.64 bits per heavy atom. The summed E-state index contributed by atoms with van der Waals surface area (Å²) in [7, 11) is 0. The summed E-state index contributed by atoms with van der Waals surface area (Å²) in [5.74, 6) is 2.45. The van der Waals surface area contributed by atoms with Gasteiger partial charge in [0.05, 0.1) is 11.7 Å². The van der Waals surface area contributed by atoms with Crippen LogP contribution in [0.4, 0.5) is 0 Å². The number of rotatable bonds is 7. The van der Waals surface area contributed by atoms with Gasteiger partial charge in [-0.3, -0.25) is 0 Å². The van der Waals surface area contributed by atoms with Crippen LogP contribution < -0.4 is 5.73 Å². The molecule has 1 unspecified atom stereocenters. The number of hydrogen-bond donors (Lipinski definition) is 1. The van der Waals surface area contributed by atoms with Gasteiger partial charge in [0.15, 0.2) is 0 Å². The summed E-state index contributed by atoms with van der Waals surface area (Å²) in [6.07, 6.45) is 6.04. The molecule has 14 heavy (non-hydrogen) atoms. The molecule has 0 saturated heterocycles. The molecule has 0 fully saturated rings. The molecule has 0 aromatic rings. The third kappa shape index (κ3) is 6.90. The van der Waals surface area contributed by atoms with Crippen LogP contribution in [-0.2, 0) is 9.47 Å². The average molecular weight is 199 g/mol. The van der Waals surface area contributed by atoms with Crippen molar-refractivity contribution in [2.45, 2.75) is 38.9 Å². The van der Waals surface area contributed by atoms with Gasteiger partial charge in [0.1, 0.15) is 6.61 Å². The molecule has 0 aromatic carbocycles. The first-order valence-electron chi connectivity index (χ1n) is 4.91. The molecule has 0 amide bonds. The summed E-state index contributed by atoms with van der Waals surface area (Å²) in [4.78, 5) is 0. The summed E-state index contributed by atoms with van der Waals surface area (Å²) in [5, 5.41) is 0. The van der Waals surface area contributed by atoms with Gasteiger partial charge in [0, 0.05) is 13.2 Å². The minimum Gasteiger partial charge on any atom is -0.377 e. The molecule has 0 radical (unpaired) electrons. The third-order valence-electron chi connectivity index (χ3n) is 1.98. The summed E-state index contributed by atoms with van der Waals surface area (Å²) in [5.41, 5.74) is 5.20. The fourth-order valence-electron chi connectivity index (χ4n) is 0.883. The Bertz CT molecular complexity index is 184. The van der Waals surface area contributed by atoms with Crippen LogP contribution in [0.15, 0.2) is 0 Å². The second kappa shape index (κ2) is 6.83. The summed E-state index contributed by atoms with van der Waals surface area (Å²) < 4.78 is 10.9. The Balaban J connectivity index is 3.60. The normalized spacial score (nSPS) is 13.6. The molecule has 1 atom stereocenters. The van der Waals surface area contributed by atoms with E-state index in [0.717, 1.165) is 6.42 Å². The summed E-state index contributed by atoms with van der Waals surface area (Å²) in [6.45, 7) is 7.50. The van der Waals surface area contributed by atoms with E-state index in [-0.39, 0.29) is 11.7 Å². The predicted octanol–water partition coefficient (Wildman–Crippen LogP) is 1.17. The topological polar surface area (TPSA) is 44.5 Å². The maximum Gasteiger partial charge on any atom is 0.108 e. The average Bonchev–Trinajstić information content (AvgIpc) is 2.14. The van der Waals surface area contributed by atoms with Crippen LogP contribution in [0.5, 0.6) is 0 Å². The van der Waals surface area contributed by atoms with Crippen molar-refractivity contribution in [1.29, 1.82) is 0 Å². The van der Waals surface area contributed by atoms with Crippen LogP contribution in [0, 0.1) is 12.3 Å². The lowest BCUT2D eigenvalue weighted by Crippen LogP contribution is -2.29. The van der Waals surface area contributed by atoms with E-state index >= 15 is 0 Å². The minimum atomic E-state index is -0.222. The highest BCUT2D eigenvalue weighted by molar-refractivity contribution is 4.85. The van der Waals surface area contributed by atoms with E-state index < -0.39 is 0 Å². The zero-order valence-electron chi connectivity index (χ0n) is 9.38. The van der Waals surface area contributed by atoms with Crippen molar-refractivity contribution in [2.75, 3.05) is 19.8 Å². The molecule has 3 nitrogen and oxygen atoms in total. The number of ether oxygens (including phenoxy) is 2. The molecule has 0 aliphatic rings. The Hall–Kier alpha value is -0.560. The van der Waals surface area contributed by atoms with Crippen LogP contribution in [0.3, 0.4) is 0 Å². The van der Waals surface area contributed by atoms with E-state index in [0.29, 0.717) is 19.8 Å². The van der Waals surface area contributed by atoms with Crippen LogP contribution in [0.25, 0.3) is 0 Å². The van der Waals surface area contributed by atoms with Crippen LogP contribution >= 0.6 is 0 Å². The van der Waals surface area contributed by atoms with Crippen molar-refractivity contribution in [3.05, 3.63) is 0 Å². The summed E-state index contributed by atoms with van der Waals surface area (Å²) >= 11 is 0. The van der Waals surface area contributed by atoms with Gasteiger partial charge in [-0.25, -0.2) is 0 Å². The molecule has 0 aliphatic carbocycles. The van der Waals surface area contributed by atoms with Crippen LogP contribution in [-0.4, -0.2) is 31.5 Å². The van der Waals surface area contributed by atoms with Crippen LogP contribution in [0.2, 0.25) is 0 Å². The van der Waals surface area contributed by atoms with Crippen LogP contribution in [0.1, 0.15) is 27.2 Å². The predicted molar refractivity (Wildman–Crippen MR) is 57.9 cm³/mol. The van der Waals surface area contributed by atoms with E-state index in [4.69, 9.17) is 21.6 Å². The van der Waals surface area contributed by atoms with Crippen molar-refractivity contribution < 1.29 is 9.47 Å². The second-order valence-electron chi connectivity index (χ2n) is 3.92. The van der Waals surface area contributed by atoms with E-state index in [9.17, 15) is 0 Å². The molecule has 2 N–H and O–H groups in total. The van der Waals surface area contributed by atoms with Crippen molar-refractivity contribution in [3.63, 3.8) is 0 Å². The molecule has 82 valence electrons. The first-order valence-corrected chi connectivity index (χ1v) is 4.91. The molecule has 0 spiro atoms. The van der Waals surface area contributed by atoms with Gasteiger partial charge in [-0.1, -0.05) is 5.92 Å². The SMILES string of the molecule is C#CCOC(C)(C)CCOC(C)CN. The lowest BCUT2D eigenvalue weighted by molar-refractivity contribution is -0.0346. The zero-order valence-corrected chi connectivity index (χ0v) is 9.38. The molecule has 0 rings (SSSR count). The van der Waals surface area contributed by atoms with Crippen molar-refractivity contribution in [3.8, 4) is 12.3 Å². The minimum absolute atomic E-state index is 0.110. The molecule has 0 aliphatic heterocycles. The Kier molecular flexibility index (Phi) is 6.56. The van der Waals surface area contributed by atoms with E-state index in [1.807, 2.05) is 20.8 Å². The molecular weight excluding hydrogens is 178 g/mol. The maximum absolute atomic E-state index is 5.45. The first kappa shape index (κ1) is 13.4. The molecule has 0 heterocycles. The quantitative estimate of drug-likeness (QED) is 0.626. The van der Waals surface area contributed by atoms with Gasteiger partial charge in [-0.05, 0) is 27.2 Å². The lowest BCUT2D eigenvalue weighted by Gasteiger charge is -2.24. The van der Waals surface area contributed by atoms with Gasteiger partial charge in [-0.2, -0.15) is 0 Å². The van der Waals surface area contributed by atoms with Gasteiger partial charge in [0.2, 0.25) is 0 Å². The number of terminal acetylenes is 1. The van der Waals surface area contributed by atoms with E-state index in [1.54, 1.807) is 0 Å². The molecule has 0 aromatic heterocycles. The fraction of sp³-hybridized carbons (Fsp3) is 0.818. The van der Waals surface area contributed by atoms with Gasteiger partial charge >= 0.3 is 0 Å². The van der Waals surface area contributed by atoms with Gasteiger partial charge in [0.25, 0.3) is 0 Å². The Labute approximate surface area is 87.0 Å². The van der Waals surface area contributed by atoms with Crippen molar-refractivity contribution in [2.24, 2.45) is 5.73 Å². The van der Waals surface area contributed by atoms with Gasteiger partial charge < -0.3 is 15.2 Å². The standard InChI is InChI=1S/C11H21NO2/c1-5-7-14-11(3,4)6-8-13-10(2)9-12/h1,10H,6-9,12H2,2-4H3. The van der Waals surface area contributed by atoms with E-state index in [2.05, 4.69) is 5.92 Å². The molecular formula is C11H21NO2. The monoisotopic (exact) mass is 199 g/mol. The summed E-state index contributed by atoms with van der Waals surface area (Å²) in [6, 6.07) is 0. The number of nitrogens with two attached hydrogens (primary N) is 1. The first-order chi connectivity index (χ1) is 6.52. The molecule has 0 saturated carbocycles. The highest BCUT2D eigenvalue weighted by Gasteiger charge is 2.17. The second-order valence-corrected chi connectivity index (χ2v) is 3.92. The molecule has 0 bridgehead atoms. The Morgan fingerprint density at radius 2 is 2.14 bits per heavy atom. The van der Waals surface area contributed by atoms with Crippen molar-refractivity contribution in [1.82, 2.24) is 0 Å². The largest absolute Gasteiger partial charge is 0.377 e. The van der Waals surface area contributed by atoms with Crippen molar-refractivity contribution >= 4 is 0 Å². The third-order valence-corrected chi connectivity index (χ3v) is 1.98. The fourth-order valence-corrected chi connectivity index (χ4v) is 0.883. The highest BCUT2D eigenvalue weighted by Crippen LogP contribution is 2.14. The zero-order chi connectivity index (χ0) is 11.0. The smallest absolute Gasteiger partial charge is 0.108 e. The highest BCUT2D eigenvalue weighted by atomic mass is 16.5. The molecule has 3 heteroatoms.